The molecule has 0 saturated carbocycles. The second-order valence-electron chi connectivity index (χ2n) is 6.49. The van der Waals surface area contributed by atoms with Crippen molar-refractivity contribution >= 4 is 22.8 Å². The number of rotatable bonds is 14. The first kappa shape index (κ1) is 23.2. The minimum absolute atomic E-state index is 0.0554. The minimum atomic E-state index is -1.66. The summed E-state index contributed by atoms with van der Waals surface area (Å²) in [6.45, 7) is 5.65. The molecule has 0 spiro atoms. The molecule has 160 valence electrons. The molecule has 0 aliphatic carbocycles. The molecule has 1 aliphatic rings. The van der Waals surface area contributed by atoms with Crippen molar-refractivity contribution < 1.29 is 23.4 Å². The van der Waals surface area contributed by atoms with E-state index in [0.717, 1.165) is 30.3 Å². The maximum absolute atomic E-state index is 12.2. The second-order valence-corrected chi connectivity index (χ2v) is 7.76. The Morgan fingerprint density at radius 3 is 2.76 bits per heavy atom. The Labute approximate surface area is 174 Å². The number of ether oxygens (including phenoxy) is 1. The molecule has 0 fully saturated rings. The molecule has 0 aromatic heterocycles. The van der Waals surface area contributed by atoms with E-state index in [9.17, 15) is 13.8 Å². The zero-order valence-electron chi connectivity index (χ0n) is 16.7. The van der Waals surface area contributed by atoms with Crippen LogP contribution >= 0.6 is 0 Å². The van der Waals surface area contributed by atoms with Gasteiger partial charge in [-0.25, -0.2) is 4.21 Å². The topological polar surface area (TPSA) is 97.0 Å². The second kappa shape index (κ2) is 12.5. The largest absolute Gasteiger partial charge is 0.377 e. The van der Waals surface area contributed by atoms with Gasteiger partial charge in [-0.15, -0.1) is 11.0 Å². The zero-order valence-corrected chi connectivity index (χ0v) is 17.5. The summed E-state index contributed by atoms with van der Waals surface area (Å²) in [4.78, 5) is 30.0. The van der Waals surface area contributed by atoms with Crippen LogP contribution < -0.4 is 10.6 Å². The molecule has 2 atom stereocenters. The molecule has 1 aliphatic heterocycles. The quantitative estimate of drug-likeness (QED) is 0.347. The number of hydrogen-bond donors (Lipinski definition) is 2. The van der Waals surface area contributed by atoms with Crippen LogP contribution in [-0.4, -0.2) is 60.4 Å². The average Bonchev–Trinajstić information content (AvgIpc) is 2.98. The van der Waals surface area contributed by atoms with E-state index in [1.54, 1.807) is 30.3 Å². The van der Waals surface area contributed by atoms with Gasteiger partial charge in [-0.05, 0) is 38.6 Å². The number of carbonyl (C=O) groups is 2. The van der Waals surface area contributed by atoms with Gasteiger partial charge in [0.25, 0.3) is 5.91 Å². The molecule has 1 aromatic rings. The summed E-state index contributed by atoms with van der Waals surface area (Å²) >= 11 is 0. The summed E-state index contributed by atoms with van der Waals surface area (Å²) in [6, 6.07) is 6.71. The first-order valence-electron chi connectivity index (χ1n) is 9.71. The molecule has 2 amide bonds. The van der Waals surface area contributed by atoms with Crippen LogP contribution in [0.2, 0.25) is 0 Å². The number of hydrogen-bond acceptors (Lipinski definition) is 6. The molecule has 29 heavy (non-hydrogen) atoms. The van der Waals surface area contributed by atoms with Gasteiger partial charge >= 0.3 is 0 Å². The molecule has 0 saturated heterocycles. The molecular formula is C20H29N3O5S. The van der Waals surface area contributed by atoms with Gasteiger partial charge in [0.1, 0.15) is 0 Å². The number of nitrogens with one attached hydrogen (secondary N) is 2. The summed E-state index contributed by atoms with van der Waals surface area (Å²) in [6.07, 6.45) is 4.43. The Morgan fingerprint density at radius 2 is 2.03 bits per heavy atom. The molecule has 8 nitrogen and oxygen atoms in total. The number of carbonyl (C=O) groups excluding carboxylic acids is 2. The highest BCUT2D eigenvalue weighted by atomic mass is 32.2. The Bertz CT molecular complexity index is 693. The van der Waals surface area contributed by atoms with E-state index in [4.69, 9.17) is 9.57 Å². The molecule has 0 radical (unpaired) electrons. The molecule has 1 aromatic carbocycles. The van der Waals surface area contributed by atoms with Gasteiger partial charge in [-0.2, -0.15) is 0 Å². The number of amides is 2. The predicted molar refractivity (Wildman–Crippen MR) is 110 cm³/mol. The first-order valence-corrected chi connectivity index (χ1v) is 10.8. The maximum atomic E-state index is 12.2. The van der Waals surface area contributed by atoms with Crippen molar-refractivity contribution in [1.29, 1.82) is 0 Å². The third-order valence-corrected chi connectivity index (χ3v) is 5.72. The smallest absolute Gasteiger partial charge is 0.291 e. The van der Waals surface area contributed by atoms with Crippen LogP contribution in [0.3, 0.4) is 0 Å². The molecule has 2 unspecified atom stereocenters. The Hall–Kier alpha value is -2.07. The van der Waals surface area contributed by atoms with Crippen LogP contribution in [-0.2, 0) is 25.4 Å². The van der Waals surface area contributed by atoms with Gasteiger partial charge in [0, 0.05) is 6.54 Å². The molecular weight excluding hydrogens is 394 g/mol. The molecule has 2 rings (SSSR count). The molecule has 2 N–H and O–H groups in total. The van der Waals surface area contributed by atoms with E-state index in [1.165, 1.54) is 0 Å². The highest BCUT2D eigenvalue weighted by Gasteiger charge is 2.35. The summed E-state index contributed by atoms with van der Waals surface area (Å²) in [7, 11) is 0.251. The van der Waals surface area contributed by atoms with E-state index in [1.807, 2.05) is 7.05 Å². The van der Waals surface area contributed by atoms with E-state index in [2.05, 4.69) is 17.2 Å². The van der Waals surface area contributed by atoms with E-state index >= 15 is 0 Å². The minimum Gasteiger partial charge on any atom is -0.377 e. The normalized spacial score (nSPS) is 16.5. The lowest BCUT2D eigenvalue weighted by Gasteiger charge is -2.14. The van der Waals surface area contributed by atoms with E-state index in [-0.39, 0.29) is 25.0 Å². The summed E-state index contributed by atoms with van der Waals surface area (Å²) in [5.41, 5.74) is 0.386. The van der Waals surface area contributed by atoms with Gasteiger partial charge in [0.05, 0.1) is 36.2 Å². The van der Waals surface area contributed by atoms with Crippen molar-refractivity contribution in [3.63, 3.8) is 0 Å². The van der Waals surface area contributed by atoms with Gasteiger partial charge in [0.15, 0.2) is 11.0 Å². The SMILES string of the molecule is C=CC(CCCCNC)C(=O)NCCOCCON1C(=O)c2ccccc2S1=O. The van der Waals surface area contributed by atoms with Crippen molar-refractivity contribution in [3.05, 3.63) is 42.5 Å². The number of fused-ring (bicyclic) bond motifs is 1. The number of unbranched alkanes of at least 4 members (excludes halogenated alkanes) is 1. The zero-order chi connectivity index (χ0) is 21.1. The fraction of sp³-hybridized carbons (Fsp3) is 0.500. The molecule has 1 heterocycles. The summed E-state index contributed by atoms with van der Waals surface area (Å²) < 4.78 is 18.5. The number of hydroxylamine groups is 1. The Kier molecular flexibility index (Phi) is 9.99. The highest BCUT2D eigenvalue weighted by molar-refractivity contribution is 7.83. The van der Waals surface area contributed by atoms with Crippen LogP contribution in [0.1, 0.15) is 29.6 Å². The first-order chi connectivity index (χ1) is 14.1. The third-order valence-electron chi connectivity index (χ3n) is 4.42. The predicted octanol–water partition coefficient (Wildman–Crippen LogP) is 1.42. The lowest BCUT2D eigenvalue weighted by atomic mass is 10.0. The van der Waals surface area contributed by atoms with Gasteiger partial charge < -0.3 is 15.4 Å². The van der Waals surface area contributed by atoms with Crippen LogP contribution in [0.25, 0.3) is 0 Å². The van der Waals surface area contributed by atoms with E-state index in [0.29, 0.717) is 23.6 Å². The molecule has 0 bridgehead atoms. The van der Waals surface area contributed by atoms with Crippen molar-refractivity contribution in [3.8, 4) is 0 Å². The Morgan fingerprint density at radius 1 is 1.24 bits per heavy atom. The van der Waals surface area contributed by atoms with E-state index < -0.39 is 16.9 Å². The van der Waals surface area contributed by atoms with Crippen molar-refractivity contribution in [1.82, 2.24) is 15.1 Å². The Balaban J connectivity index is 1.57. The fourth-order valence-electron chi connectivity index (χ4n) is 2.85. The summed E-state index contributed by atoms with van der Waals surface area (Å²) in [5, 5.41) is 5.91. The fourth-order valence-corrected chi connectivity index (χ4v) is 3.98. The monoisotopic (exact) mass is 423 g/mol. The van der Waals surface area contributed by atoms with Gasteiger partial charge in [0.2, 0.25) is 5.91 Å². The van der Waals surface area contributed by atoms with Crippen molar-refractivity contribution in [2.45, 2.75) is 24.2 Å². The van der Waals surface area contributed by atoms with Crippen molar-refractivity contribution in [2.75, 3.05) is 40.0 Å². The number of nitrogens with zero attached hydrogens (tertiary/aromatic N) is 1. The van der Waals surface area contributed by atoms with Gasteiger partial charge in [-0.3, -0.25) is 14.4 Å². The summed E-state index contributed by atoms with van der Waals surface area (Å²) in [5.74, 6) is -0.676. The number of benzene rings is 1. The lowest BCUT2D eigenvalue weighted by Crippen LogP contribution is -2.33. The van der Waals surface area contributed by atoms with Crippen molar-refractivity contribution in [2.24, 2.45) is 5.92 Å². The lowest BCUT2D eigenvalue weighted by molar-refractivity contribution is -0.124. The average molecular weight is 424 g/mol. The van der Waals surface area contributed by atoms with Crippen LogP contribution in [0, 0.1) is 5.92 Å². The van der Waals surface area contributed by atoms with Crippen LogP contribution in [0.5, 0.6) is 0 Å². The molecule has 9 heteroatoms. The van der Waals surface area contributed by atoms with Gasteiger partial charge in [-0.1, -0.05) is 24.6 Å². The maximum Gasteiger partial charge on any atom is 0.291 e. The third kappa shape index (κ3) is 6.74. The highest BCUT2D eigenvalue weighted by Crippen LogP contribution is 2.26. The van der Waals surface area contributed by atoms with Crippen LogP contribution in [0.4, 0.5) is 0 Å². The standard InChI is InChI=1S/C20H29N3O5S/c1-3-16(8-6-7-11-21-2)19(24)22-12-13-27-14-15-28-23-20(25)17-9-4-5-10-18(17)29(23)26/h3-5,9-10,16,21H,1,6-8,11-15H2,2H3,(H,22,24). The van der Waals surface area contributed by atoms with Crippen LogP contribution in [0.15, 0.2) is 41.8 Å².